The molecule has 0 radical (unpaired) electrons. The fraction of sp³-hybridized carbons (Fsp3) is 0.174. The molecule has 154 valence electrons. The van der Waals surface area contributed by atoms with Crippen molar-refractivity contribution in [1.29, 1.82) is 0 Å². The van der Waals surface area contributed by atoms with E-state index in [1.807, 2.05) is 36.4 Å². The van der Waals surface area contributed by atoms with E-state index in [-0.39, 0.29) is 5.91 Å². The predicted molar refractivity (Wildman–Crippen MR) is 122 cm³/mol. The van der Waals surface area contributed by atoms with Gasteiger partial charge in [0.1, 0.15) is 0 Å². The van der Waals surface area contributed by atoms with Crippen LogP contribution in [0.4, 0.5) is 5.69 Å². The lowest BCUT2D eigenvalue weighted by molar-refractivity contribution is 0.102. The number of nitrogens with one attached hydrogen (secondary N) is 1. The van der Waals surface area contributed by atoms with Crippen LogP contribution in [0.2, 0.25) is 0 Å². The van der Waals surface area contributed by atoms with E-state index in [9.17, 15) is 13.2 Å². The van der Waals surface area contributed by atoms with Crippen molar-refractivity contribution in [3.8, 4) is 11.1 Å². The number of nitrogens with zero attached hydrogens (tertiary/aromatic N) is 1. The van der Waals surface area contributed by atoms with Crippen molar-refractivity contribution in [2.75, 3.05) is 18.4 Å². The molecule has 0 spiro atoms. The molecule has 0 atom stereocenters. The summed E-state index contributed by atoms with van der Waals surface area (Å²) in [5.74, 6) is -0.188. The standard InChI is InChI=1S/C23H21BrN2O3S/c24-20-4-3-5-21(16-20)25-23(27)19-8-6-17(7-9-19)18-10-12-22(13-11-18)30(28,29)26-14-1-2-15-26/h3-13,16H,1-2,14-15H2,(H,25,27). The predicted octanol–water partition coefficient (Wildman–Crippen LogP) is 5.15. The van der Waals surface area contributed by atoms with Crippen LogP contribution in [0, 0.1) is 0 Å². The number of carbonyl (C=O) groups excluding carboxylic acids is 1. The third-order valence-electron chi connectivity index (χ3n) is 5.12. The Labute approximate surface area is 184 Å². The number of benzene rings is 3. The number of hydrogen-bond acceptors (Lipinski definition) is 3. The largest absolute Gasteiger partial charge is 0.322 e. The average molecular weight is 485 g/mol. The molecule has 1 heterocycles. The summed E-state index contributed by atoms with van der Waals surface area (Å²) in [5, 5.41) is 2.87. The number of amides is 1. The Bertz CT molecular complexity index is 1150. The Morgan fingerprint density at radius 1 is 0.867 bits per heavy atom. The molecule has 0 aliphatic carbocycles. The van der Waals surface area contributed by atoms with Gasteiger partial charge in [-0.05, 0) is 66.4 Å². The topological polar surface area (TPSA) is 66.5 Å². The summed E-state index contributed by atoms with van der Waals surface area (Å²) in [5.41, 5.74) is 3.08. The Morgan fingerprint density at radius 3 is 2.07 bits per heavy atom. The lowest BCUT2D eigenvalue weighted by Gasteiger charge is -2.15. The molecule has 0 aromatic heterocycles. The molecule has 3 aromatic carbocycles. The molecule has 1 fully saturated rings. The SMILES string of the molecule is O=C(Nc1cccc(Br)c1)c1ccc(-c2ccc(S(=O)(=O)N3CCCC3)cc2)cc1. The van der Waals surface area contributed by atoms with E-state index in [1.54, 1.807) is 40.7 Å². The van der Waals surface area contributed by atoms with E-state index in [4.69, 9.17) is 0 Å². The summed E-state index contributed by atoms with van der Waals surface area (Å²) in [6.45, 7) is 1.18. The average Bonchev–Trinajstić information content (AvgIpc) is 3.30. The van der Waals surface area contributed by atoms with Crippen LogP contribution in [0.15, 0.2) is 82.2 Å². The minimum absolute atomic E-state index is 0.188. The van der Waals surface area contributed by atoms with Crippen LogP contribution >= 0.6 is 15.9 Å². The summed E-state index contributed by atoms with van der Waals surface area (Å²) in [7, 11) is -3.41. The van der Waals surface area contributed by atoms with Gasteiger partial charge in [0.05, 0.1) is 4.90 Å². The molecule has 7 heteroatoms. The quantitative estimate of drug-likeness (QED) is 0.544. The summed E-state index contributed by atoms with van der Waals surface area (Å²) in [6, 6.07) is 21.6. The molecule has 1 aliphatic heterocycles. The van der Waals surface area contributed by atoms with E-state index in [1.165, 1.54) is 0 Å². The van der Waals surface area contributed by atoms with Crippen molar-refractivity contribution in [1.82, 2.24) is 4.31 Å². The van der Waals surface area contributed by atoms with Crippen LogP contribution < -0.4 is 5.32 Å². The molecule has 4 rings (SSSR count). The number of sulfonamides is 1. The van der Waals surface area contributed by atoms with Crippen molar-refractivity contribution < 1.29 is 13.2 Å². The Balaban J connectivity index is 1.48. The molecule has 30 heavy (non-hydrogen) atoms. The first-order valence-corrected chi connectivity index (χ1v) is 11.9. The smallest absolute Gasteiger partial charge is 0.255 e. The Hall–Kier alpha value is -2.48. The van der Waals surface area contributed by atoms with Crippen LogP contribution in [0.1, 0.15) is 23.2 Å². The maximum atomic E-state index is 12.7. The fourth-order valence-electron chi connectivity index (χ4n) is 3.48. The molecular formula is C23H21BrN2O3S. The van der Waals surface area contributed by atoms with Crippen molar-refractivity contribution in [3.05, 3.63) is 82.8 Å². The van der Waals surface area contributed by atoms with Crippen molar-refractivity contribution in [2.24, 2.45) is 0 Å². The second-order valence-electron chi connectivity index (χ2n) is 7.18. The zero-order chi connectivity index (χ0) is 21.1. The van der Waals surface area contributed by atoms with Gasteiger partial charge in [0.25, 0.3) is 5.91 Å². The maximum Gasteiger partial charge on any atom is 0.255 e. The Kier molecular flexibility index (Phi) is 6.04. The summed E-state index contributed by atoms with van der Waals surface area (Å²) >= 11 is 3.39. The van der Waals surface area contributed by atoms with Gasteiger partial charge in [-0.2, -0.15) is 4.31 Å². The lowest BCUT2D eigenvalue weighted by atomic mass is 10.0. The molecule has 3 aromatic rings. The van der Waals surface area contributed by atoms with E-state index in [0.29, 0.717) is 29.2 Å². The fourth-order valence-corrected chi connectivity index (χ4v) is 5.40. The highest BCUT2D eigenvalue weighted by molar-refractivity contribution is 9.10. The van der Waals surface area contributed by atoms with Gasteiger partial charge in [0, 0.05) is 28.8 Å². The van der Waals surface area contributed by atoms with Crippen LogP contribution in [0.3, 0.4) is 0 Å². The first-order valence-electron chi connectivity index (χ1n) is 9.71. The van der Waals surface area contributed by atoms with Crippen LogP contribution in [-0.4, -0.2) is 31.7 Å². The van der Waals surface area contributed by atoms with Gasteiger partial charge in [-0.3, -0.25) is 4.79 Å². The van der Waals surface area contributed by atoms with E-state index < -0.39 is 10.0 Å². The number of rotatable bonds is 5. The molecule has 5 nitrogen and oxygen atoms in total. The first-order chi connectivity index (χ1) is 14.4. The number of carbonyl (C=O) groups is 1. The van der Waals surface area contributed by atoms with Gasteiger partial charge in [-0.1, -0.05) is 46.3 Å². The van der Waals surface area contributed by atoms with Gasteiger partial charge < -0.3 is 5.32 Å². The maximum absolute atomic E-state index is 12.7. The van der Waals surface area contributed by atoms with Crippen molar-refractivity contribution in [3.63, 3.8) is 0 Å². The number of hydrogen-bond donors (Lipinski definition) is 1. The van der Waals surface area contributed by atoms with Crippen molar-refractivity contribution in [2.45, 2.75) is 17.7 Å². The number of anilines is 1. The molecular weight excluding hydrogens is 464 g/mol. The van der Waals surface area contributed by atoms with Gasteiger partial charge in [-0.25, -0.2) is 8.42 Å². The molecule has 1 N–H and O–H groups in total. The second kappa shape index (κ2) is 8.71. The summed E-state index contributed by atoms with van der Waals surface area (Å²) < 4.78 is 27.7. The molecule has 1 saturated heterocycles. The van der Waals surface area contributed by atoms with Crippen LogP contribution in [0.5, 0.6) is 0 Å². The molecule has 1 amide bonds. The zero-order valence-corrected chi connectivity index (χ0v) is 18.6. The third kappa shape index (κ3) is 4.48. The summed E-state index contributed by atoms with van der Waals surface area (Å²) in [6.07, 6.45) is 1.83. The minimum atomic E-state index is -3.41. The number of halogens is 1. The normalized spacial score (nSPS) is 14.6. The second-order valence-corrected chi connectivity index (χ2v) is 10.0. The van der Waals surface area contributed by atoms with Gasteiger partial charge in [0.2, 0.25) is 10.0 Å². The zero-order valence-electron chi connectivity index (χ0n) is 16.2. The highest BCUT2D eigenvalue weighted by Gasteiger charge is 2.26. The van der Waals surface area contributed by atoms with E-state index >= 15 is 0 Å². The van der Waals surface area contributed by atoms with E-state index in [0.717, 1.165) is 28.4 Å². The van der Waals surface area contributed by atoms with Gasteiger partial charge in [0.15, 0.2) is 0 Å². The monoisotopic (exact) mass is 484 g/mol. The first kappa shape index (κ1) is 20.8. The molecule has 0 unspecified atom stereocenters. The van der Waals surface area contributed by atoms with E-state index in [2.05, 4.69) is 21.2 Å². The summed E-state index contributed by atoms with van der Waals surface area (Å²) in [4.78, 5) is 12.8. The van der Waals surface area contributed by atoms with Crippen LogP contribution in [-0.2, 0) is 10.0 Å². The van der Waals surface area contributed by atoms with Gasteiger partial charge in [-0.15, -0.1) is 0 Å². The molecule has 0 bridgehead atoms. The Morgan fingerprint density at radius 2 is 1.47 bits per heavy atom. The van der Waals surface area contributed by atoms with Gasteiger partial charge >= 0.3 is 0 Å². The van der Waals surface area contributed by atoms with Crippen molar-refractivity contribution >= 4 is 37.5 Å². The lowest BCUT2D eigenvalue weighted by Crippen LogP contribution is -2.27. The van der Waals surface area contributed by atoms with Crippen LogP contribution in [0.25, 0.3) is 11.1 Å². The third-order valence-corrected chi connectivity index (χ3v) is 7.53. The molecule has 0 saturated carbocycles. The molecule has 1 aliphatic rings. The minimum Gasteiger partial charge on any atom is -0.322 e. The highest BCUT2D eigenvalue weighted by Crippen LogP contribution is 2.25. The highest BCUT2D eigenvalue weighted by atomic mass is 79.9.